The summed E-state index contributed by atoms with van der Waals surface area (Å²) in [4.78, 5) is 50.2. The van der Waals surface area contributed by atoms with E-state index in [1.807, 2.05) is 49.0 Å². The first-order chi connectivity index (χ1) is 18.2. The Morgan fingerprint density at radius 2 is 2.00 bits per heavy atom. The van der Waals surface area contributed by atoms with Crippen molar-refractivity contribution in [3.05, 3.63) is 34.5 Å². The molecule has 4 heterocycles. The smallest absolute Gasteiger partial charge is 0.228 e. The predicted octanol–water partition coefficient (Wildman–Crippen LogP) is 2.37. The van der Waals surface area contributed by atoms with Crippen LogP contribution in [0.3, 0.4) is 0 Å². The van der Waals surface area contributed by atoms with Crippen LogP contribution in [0.2, 0.25) is 5.02 Å². The van der Waals surface area contributed by atoms with E-state index in [1.165, 1.54) is 0 Å². The number of hydrogen-bond donors (Lipinski definition) is 2. The Bertz CT molecular complexity index is 1220. The van der Waals surface area contributed by atoms with Gasteiger partial charge in [0.15, 0.2) is 0 Å². The molecule has 3 aliphatic rings. The van der Waals surface area contributed by atoms with E-state index in [-0.39, 0.29) is 24.1 Å². The van der Waals surface area contributed by atoms with Crippen molar-refractivity contribution in [2.75, 3.05) is 60.0 Å². The van der Waals surface area contributed by atoms with Gasteiger partial charge >= 0.3 is 0 Å². The number of halogens is 1. The Morgan fingerprint density at radius 3 is 2.74 bits per heavy atom. The fourth-order valence-electron chi connectivity index (χ4n) is 6.47. The van der Waals surface area contributed by atoms with Gasteiger partial charge in [0.05, 0.1) is 24.7 Å². The molecule has 10 heteroatoms. The lowest BCUT2D eigenvalue weighted by molar-refractivity contribution is -0.166. The van der Waals surface area contributed by atoms with E-state index in [1.54, 1.807) is 0 Å². The van der Waals surface area contributed by atoms with Crippen LogP contribution in [0.4, 0.5) is 0 Å². The minimum absolute atomic E-state index is 0.0224. The Hall–Kier alpha value is -2.62. The van der Waals surface area contributed by atoms with Crippen LogP contribution in [0.25, 0.3) is 10.9 Å². The molecule has 5 rings (SSSR count). The highest BCUT2D eigenvalue weighted by molar-refractivity contribution is 6.31. The zero-order valence-corrected chi connectivity index (χ0v) is 23.3. The number of hydrogen-bond acceptors (Lipinski definition) is 5. The first kappa shape index (κ1) is 27.0. The Balaban J connectivity index is 1.46. The van der Waals surface area contributed by atoms with Crippen LogP contribution in [0.1, 0.15) is 37.4 Å². The highest BCUT2D eigenvalue weighted by Crippen LogP contribution is 2.50. The highest BCUT2D eigenvalue weighted by atomic mass is 35.5. The largest absolute Gasteiger partial charge is 0.378 e. The molecule has 2 saturated heterocycles. The van der Waals surface area contributed by atoms with Gasteiger partial charge in [0, 0.05) is 60.1 Å². The lowest BCUT2D eigenvalue weighted by Gasteiger charge is -2.54. The monoisotopic (exact) mass is 543 g/mol. The number of nitrogens with zero attached hydrogens (tertiary/aromatic N) is 3. The molecule has 206 valence electrons. The number of ether oxygens (including phenoxy) is 1. The molecule has 3 atom stereocenters. The number of aromatic nitrogens is 1. The molecule has 0 bridgehead atoms. The number of aromatic amines is 1. The third kappa shape index (κ3) is 4.92. The second-order valence-corrected chi connectivity index (χ2v) is 11.6. The van der Waals surface area contributed by atoms with Crippen LogP contribution in [0.5, 0.6) is 0 Å². The van der Waals surface area contributed by atoms with Gasteiger partial charge in [-0.1, -0.05) is 11.6 Å². The van der Waals surface area contributed by atoms with Crippen molar-refractivity contribution in [3.63, 3.8) is 0 Å². The number of carbonyl (C=O) groups is 3. The van der Waals surface area contributed by atoms with Crippen molar-refractivity contribution in [2.24, 2.45) is 11.8 Å². The number of H-pyrrole nitrogens is 1. The molecule has 1 aromatic carbocycles. The normalized spacial score (nSPS) is 25.4. The molecule has 0 aliphatic carbocycles. The quantitative estimate of drug-likeness (QED) is 0.523. The van der Waals surface area contributed by atoms with E-state index in [0.717, 1.165) is 35.1 Å². The van der Waals surface area contributed by atoms with E-state index in [4.69, 9.17) is 16.3 Å². The number of carbonyl (C=O) groups excluding carboxylic acids is 3. The molecule has 2 N–H and O–H groups in total. The topological polar surface area (TPSA) is 98.0 Å². The summed E-state index contributed by atoms with van der Waals surface area (Å²) in [5, 5.41) is 4.66. The van der Waals surface area contributed by atoms with E-state index >= 15 is 0 Å². The Morgan fingerprint density at radius 1 is 1.24 bits per heavy atom. The number of amides is 3. The predicted molar refractivity (Wildman–Crippen MR) is 146 cm³/mol. The molecule has 0 radical (unpaired) electrons. The molecule has 0 spiro atoms. The van der Waals surface area contributed by atoms with E-state index in [2.05, 4.69) is 15.2 Å². The fraction of sp³-hybridized carbons (Fsp3) is 0.607. The van der Waals surface area contributed by atoms with Crippen LogP contribution in [0.15, 0.2) is 18.2 Å². The molecular weight excluding hydrogens is 506 g/mol. The van der Waals surface area contributed by atoms with Crippen molar-refractivity contribution in [3.8, 4) is 0 Å². The van der Waals surface area contributed by atoms with Gasteiger partial charge in [-0.25, -0.2) is 0 Å². The number of rotatable bonds is 7. The summed E-state index contributed by atoms with van der Waals surface area (Å²) in [6.45, 7) is 6.03. The van der Waals surface area contributed by atoms with Gasteiger partial charge in [-0.15, -0.1) is 0 Å². The number of morpholine rings is 1. The van der Waals surface area contributed by atoms with Crippen molar-refractivity contribution in [2.45, 2.75) is 38.1 Å². The molecular formula is C28H38ClN5O4. The SMILES string of the molecule is CN(C)CCCNC(=O)C[C@H]1C[C@H](C(=O)N2CCOCC2)[C@@]2(C)c3[nH]c4ccc(Cl)cc4c3CCN2C1=O. The van der Waals surface area contributed by atoms with Gasteiger partial charge in [-0.05, 0) is 70.6 Å². The first-order valence-electron chi connectivity index (χ1n) is 13.6. The zero-order chi connectivity index (χ0) is 27.0. The summed E-state index contributed by atoms with van der Waals surface area (Å²) in [5.74, 6) is -1.18. The third-order valence-corrected chi connectivity index (χ3v) is 8.73. The maximum Gasteiger partial charge on any atom is 0.228 e. The second-order valence-electron chi connectivity index (χ2n) is 11.2. The molecule has 0 unspecified atom stereocenters. The minimum atomic E-state index is -0.843. The van der Waals surface area contributed by atoms with Gasteiger partial charge < -0.3 is 29.7 Å². The second kappa shape index (κ2) is 10.9. The minimum Gasteiger partial charge on any atom is -0.378 e. The average molecular weight is 544 g/mol. The van der Waals surface area contributed by atoms with Gasteiger partial charge in [0.1, 0.15) is 0 Å². The van der Waals surface area contributed by atoms with Crippen LogP contribution in [0, 0.1) is 11.8 Å². The lowest BCUT2D eigenvalue weighted by Crippen LogP contribution is -2.65. The summed E-state index contributed by atoms with van der Waals surface area (Å²) >= 11 is 6.33. The van der Waals surface area contributed by atoms with E-state index in [0.29, 0.717) is 57.3 Å². The maximum absolute atomic E-state index is 14.1. The molecule has 3 amide bonds. The maximum atomic E-state index is 14.1. The standard InChI is InChI=1S/C28H38ClN5O4/c1-28-22(27(37)33-11-13-38-14-12-33)15-18(16-24(35)30-8-4-9-32(2)3)26(36)34(28)10-7-20-21-17-19(29)5-6-23(21)31-25(20)28/h5-6,17-18,22,31H,4,7-16H2,1-3H3,(H,30,35)/t18-,22-,28+/m1/s1. The number of nitrogens with one attached hydrogen (secondary N) is 2. The highest BCUT2D eigenvalue weighted by Gasteiger charge is 2.57. The van der Waals surface area contributed by atoms with Crippen molar-refractivity contribution >= 4 is 40.2 Å². The van der Waals surface area contributed by atoms with Gasteiger partial charge in [-0.2, -0.15) is 0 Å². The average Bonchev–Trinajstić information content (AvgIpc) is 3.27. The summed E-state index contributed by atoms with van der Waals surface area (Å²) in [7, 11) is 3.99. The Labute approximate surface area is 228 Å². The summed E-state index contributed by atoms with van der Waals surface area (Å²) in [6, 6.07) is 5.76. The summed E-state index contributed by atoms with van der Waals surface area (Å²) in [6.07, 6.45) is 1.93. The Kier molecular flexibility index (Phi) is 7.71. The van der Waals surface area contributed by atoms with Crippen LogP contribution in [-0.2, 0) is 31.1 Å². The number of benzene rings is 1. The molecule has 2 aromatic rings. The number of piperidine rings is 1. The van der Waals surface area contributed by atoms with Crippen LogP contribution in [-0.4, -0.2) is 97.4 Å². The fourth-order valence-corrected chi connectivity index (χ4v) is 6.65. The van der Waals surface area contributed by atoms with Crippen molar-refractivity contribution in [1.29, 1.82) is 0 Å². The first-order valence-corrected chi connectivity index (χ1v) is 14.0. The lowest BCUT2D eigenvalue weighted by atomic mass is 9.67. The number of fused-ring (bicyclic) bond motifs is 5. The molecule has 1 aromatic heterocycles. The molecule has 9 nitrogen and oxygen atoms in total. The molecule has 0 saturated carbocycles. The molecule has 38 heavy (non-hydrogen) atoms. The summed E-state index contributed by atoms with van der Waals surface area (Å²) in [5.41, 5.74) is 2.13. The zero-order valence-electron chi connectivity index (χ0n) is 22.5. The molecule has 2 fully saturated rings. The van der Waals surface area contributed by atoms with Gasteiger partial charge in [0.25, 0.3) is 0 Å². The van der Waals surface area contributed by atoms with Gasteiger partial charge in [-0.3, -0.25) is 14.4 Å². The van der Waals surface area contributed by atoms with Gasteiger partial charge in [0.2, 0.25) is 17.7 Å². The van der Waals surface area contributed by atoms with Crippen molar-refractivity contribution in [1.82, 2.24) is 25.0 Å². The third-order valence-electron chi connectivity index (χ3n) is 8.49. The van der Waals surface area contributed by atoms with E-state index < -0.39 is 17.4 Å². The molecule has 3 aliphatic heterocycles. The van der Waals surface area contributed by atoms with Crippen LogP contribution < -0.4 is 5.32 Å². The van der Waals surface area contributed by atoms with Crippen LogP contribution >= 0.6 is 11.6 Å². The van der Waals surface area contributed by atoms with Crippen molar-refractivity contribution < 1.29 is 19.1 Å². The summed E-state index contributed by atoms with van der Waals surface area (Å²) < 4.78 is 5.50. The van der Waals surface area contributed by atoms with E-state index in [9.17, 15) is 14.4 Å².